The summed E-state index contributed by atoms with van der Waals surface area (Å²) in [6, 6.07) is 13.7. The molecule has 2 atom stereocenters. The smallest absolute Gasteiger partial charge is 0.240 e. The molecular weight excluding hydrogens is 370 g/mol. The van der Waals surface area contributed by atoms with Crippen LogP contribution in [-0.4, -0.2) is 20.1 Å². The van der Waals surface area contributed by atoms with Crippen LogP contribution in [0.5, 0.6) is 0 Å². The highest BCUT2D eigenvalue weighted by molar-refractivity contribution is 7.89. The maximum absolute atomic E-state index is 12.5. The van der Waals surface area contributed by atoms with Crippen molar-refractivity contribution in [3.05, 3.63) is 64.7 Å². The number of aliphatic hydroxyl groups excluding tert-OH is 1. The number of benzene rings is 2. The fourth-order valence-corrected chi connectivity index (χ4v) is 4.10. The third-order valence-electron chi connectivity index (χ3n) is 4.30. The fraction of sp³-hybridized carbons (Fsp3) is 0.400. The summed E-state index contributed by atoms with van der Waals surface area (Å²) >= 11 is 5.91. The molecule has 2 aromatic carbocycles. The summed E-state index contributed by atoms with van der Waals surface area (Å²) in [6.45, 7) is 6.18. The van der Waals surface area contributed by atoms with Gasteiger partial charge in [-0.2, -0.15) is 0 Å². The first kappa shape index (κ1) is 20.9. The number of halogens is 1. The van der Waals surface area contributed by atoms with Gasteiger partial charge in [0.05, 0.1) is 11.0 Å². The van der Waals surface area contributed by atoms with Crippen molar-refractivity contribution in [1.82, 2.24) is 4.72 Å². The Hall–Kier alpha value is -1.40. The molecule has 2 N–H and O–H groups in total. The quantitative estimate of drug-likeness (QED) is 0.699. The Balaban J connectivity index is 2.14. The van der Waals surface area contributed by atoms with E-state index in [4.69, 9.17) is 11.6 Å². The van der Waals surface area contributed by atoms with Crippen LogP contribution < -0.4 is 4.72 Å². The van der Waals surface area contributed by atoms with Crippen molar-refractivity contribution in [2.45, 2.75) is 38.2 Å². The van der Waals surface area contributed by atoms with Crippen molar-refractivity contribution in [1.29, 1.82) is 0 Å². The maximum Gasteiger partial charge on any atom is 0.240 e. The highest BCUT2D eigenvalue weighted by Crippen LogP contribution is 2.28. The highest BCUT2D eigenvalue weighted by Gasteiger charge is 2.24. The van der Waals surface area contributed by atoms with E-state index in [9.17, 15) is 13.5 Å². The van der Waals surface area contributed by atoms with Crippen LogP contribution in [0.3, 0.4) is 0 Å². The lowest BCUT2D eigenvalue weighted by Gasteiger charge is -2.25. The molecule has 4 nitrogen and oxygen atoms in total. The van der Waals surface area contributed by atoms with E-state index in [1.54, 1.807) is 48.5 Å². The van der Waals surface area contributed by atoms with Gasteiger partial charge in [-0.25, -0.2) is 13.1 Å². The number of aryl methyl sites for hydroxylation is 1. The molecule has 0 amide bonds. The lowest BCUT2D eigenvalue weighted by Crippen LogP contribution is -2.33. The van der Waals surface area contributed by atoms with Gasteiger partial charge in [-0.15, -0.1) is 0 Å². The van der Waals surface area contributed by atoms with Gasteiger partial charge in [0.25, 0.3) is 0 Å². The van der Waals surface area contributed by atoms with Crippen LogP contribution in [0.2, 0.25) is 5.02 Å². The van der Waals surface area contributed by atoms with E-state index >= 15 is 0 Å². The molecule has 0 aliphatic rings. The first-order valence-electron chi connectivity index (χ1n) is 8.69. The lowest BCUT2D eigenvalue weighted by atomic mass is 9.88. The van der Waals surface area contributed by atoms with Gasteiger partial charge >= 0.3 is 0 Å². The average Bonchev–Trinajstić information content (AvgIpc) is 2.59. The third-order valence-corrected chi connectivity index (χ3v) is 5.99. The SMILES string of the molecule is Cc1ccc(S(=O)(=O)NC[C@@H](CC(C)C)[C@H](O)c2ccc(Cl)cc2)cc1. The predicted molar refractivity (Wildman–Crippen MR) is 106 cm³/mol. The van der Waals surface area contributed by atoms with Gasteiger partial charge in [-0.05, 0) is 49.1 Å². The summed E-state index contributed by atoms with van der Waals surface area (Å²) in [5.41, 5.74) is 1.73. The largest absolute Gasteiger partial charge is 0.388 e. The first-order chi connectivity index (χ1) is 12.2. The molecule has 6 heteroatoms. The maximum atomic E-state index is 12.5. The molecule has 0 saturated heterocycles. The second-order valence-electron chi connectivity index (χ2n) is 7.05. The number of rotatable bonds is 8. The van der Waals surface area contributed by atoms with Gasteiger partial charge in [0.2, 0.25) is 10.0 Å². The molecule has 0 aromatic heterocycles. The van der Waals surface area contributed by atoms with E-state index in [0.29, 0.717) is 17.4 Å². The molecule has 142 valence electrons. The Morgan fingerprint density at radius 2 is 1.62 bits per heavy atom. The molecule has 0 unspecified atom stereocenters. The van der Waals surface area contributed by atoms with Gasteiger partial charge < -0.3 is 5.11 Å². The summed E-state index contributed by atoms with van der Waals surface area (Å²) in [5.74, 6) is 0.0854. The van der Waals surface area contributed by atoms with Crippen LogP contribution >= 0.6 is 11.6 Å². The monoisotopic (exact) mass is 395 g/mol. The van der Waals surface area contributed by atoms with Crippen LogP contribution in [0.4, 0.5) is 0 Å². The number of hydrogen-bond acceptors (Lipinski definition) is 3. The Labute approximate surface area is 161 Å². The average molecular weight is 396 g/mol. The second-order valence-corrected chi connectivity index (χ2v) is 9.25. The Morgan fingerprint density at radius 3 is 2.15 bits per heavy atom. The zero-order valence-electron chi connectivity index (χ0n) is 15.3. The predicted octanol–water partition coefficient (Wildman–Crippen LogP) is 4.32. The van der Waals surface area contributed by atoms with E-state index in [0.717, 1.165) is 11.1 Å². The first-order valence-corrected chi connectivity index (χ1v) is 10.5. The minimum atomic E-state index is -3.61. The van der Waals surface area contributed by atoms with Gasteiger partial charge in [0, 0.05) is 17.5 Å². The van der Waals surface area contributed by atoms with Gasteiger partial charge in [0.1, 0.15) is 0 Å². The van der Waals surface area contributed by atoms with Crippen LogP contribution in [0.15, 0.2) is 53.4 Å². The summed E-state index contributed by atoms with van der Waals surface area (Å²) in [7, 11) is -3.61. The Morgan fingerprint density at radius 1 is 1.04 bits per heavy atom. The molecule has 0 aliphatic heterocycles. The topological polar surface area (TPSA) is 66.4 Å². The van der Waals surface area contributed by atoms with Crippen molar-refractivity contribution in [3.63, 3.8) is 0 Å². The van der Waals surface area contributed by atoms with E-state index in [1.165, 1.54) is 0 Å². The molecule has 2 rings (SSSR count). The van der Waals surface area contributed by atoms with Crippen LogP contribution in [0, 0.1) is 18.8 Å². The third kappa shape index (κ3) is 5.81. The molecule has 0 aliphatic carbocycles. The highest BCUT2D eigenvalue weighted by atomic mass is 35.5. The minimum Gasteiger partial charge on any atom is -0.388 e. The Kier molecular flexibility index (Phi) is 7.24. The molecular formula is C20H26ClNO3S. The van der Waals surface area contributed by atoms with Crippen LogP contribution in [-0.2, 0) is 10.0 Å². The van der Waals surface area contributed by atoms with Crippen LogP contribution in [0.25, 0.3) is 0 Å². The van der Waals surface area contributed by atoms with Crippen molar-refractivity contribution in [3.8, 4) is 0 Å². The fourth-order valence-electron chi connectivity index (χ4n) is 2.88. The van der Waals surface area contributed by atoms with E-state index in [2.05, 4.69) is 18.6 Å². The number of hydrogen-bond donors (Lipinski definition) is 2. The van der Waals surface area contributed by atoms with E-state index in [-0.39, 0.29) is 17.4 Å². The van der Waals surface area contributed by atoms with Crippen molar-refractivity contribution in [2.24, 2.45) is 11.8 Å². The van der Waals surface area contributed by atoms with Crippen molar-refractivity contribution in [2.75, 3.05) is 6.54 Å². The lowest BCUT2D eigenvalue weighted by molar-refractivity contribution is 0.0974. The van der Waals surface area contributed by atoms with E-state index < -0.39 is 16.1 Å². The molecule has 26 heavy (non-hydrogen) atoms. The summed E-state index contributed by atoms with van der Waals surface area (Å²) < 4.78 is 27.7. The van der Waals surface area contributed by atoms with Crippen LogP contribution in [0.1, 0.15) is 37.5 Å². The van der Waals surface area contributed by atoms with Gasteiger partial charge in [0.15, 0.2) is 0 Å². The van der Waals surface area contributed by atoms with Crippen molar-refractivity contribution < 1.29 is 13.5 Å². The summed E-state index contributed by atoms with van der Waals surface area (Å²) in [5, 5.41) is 11.3. The normalized spacial score (nSPS) is 14.4. The molecule has 0 spiro atoms. The molecule has 2 aromatic rings. The standard InChI is InChI=1S/C20H26ClNO3S/c1-14(2)12-17(20(23)16-6-8-18(21)9-7-16)13-22-26(24,25)19-10-4-15(3)5-11-19/h4-11,14,17,20,22-23H,12-13H2,1-3H3/t17-,20-/m1/s1. The zero-order chi connectivity index (χ0) is 19.3. The van der Waals surface area contributed by atoms with Gasteiger partial charge in [-0.1, -0.05) is 55.3 Å². The number of sulfonamides is 1. The Bertz CT molecular complexity index is 802. The molecule has 0 bridgehead atoms. The number of aliphatic hydroxyl groups is 1. The molecule has 0 saturated carbocycles. The molecule has 0 heterocycles. The molecule has 0 radical (unpaired) electrons. The number of nitrogens with one attached hydrogen (secondary N) is 1. The van der Waals surface area contributed by atoms with Gasteiger partial charge in [-0.3, -0.25) is 0 Å². The molecule has 0 fully saturated rings. The van der Waals surface area contributed by atoms with E-state index in [1.807, 2.05) is 6.92 Å². The van der Waals surface area contributed by atoms with Crippen molar-refractivity contribution >= 4 is 21.6 Å². The minimum absolute atomic E-state index is 0.165. The summed E-state index contributed by atoms with van der Waals surface area (Å²) in [4.78, 5) is 0.229. The zero-order valence-corrected chi connectivity index (χ0v) is 16.9. The second kappa shape index (κ2) is 9.00. The summed E-state index contributed by atoms with van der Waals surface area (Å²) in [6.07, 6.45) is -0.0735.